The summed E-state index contributed by atoms with van der Waals surface area (Å²) in [5, 5.41) is 2.79. The third-order valence-electron chi connectivity index (χ3n) is 5.34. The zero-order chi connectivity index (χ0) is 24.2. The lowest BCUT2D eigenvalue weighted by Gasteiger charge is -2.36. The summed E-state index contributed by atoms with van der Waals surface area (Å²) in [7, 11) is -4.26. The predicted octanol–water partition coefficient (Wildman–Crippen LogP) is 2.70. The van der Waals surface area contributed by atoms with Gasteiger partial charge in [-0.25, -0.2) is 17.2 Å². The Kier molecular flexibility index (Phi) is 7.80. The molecule has 0 aliphatic carbocycles. The number of carbonyl (C=O) groups excluding carboxylic acids is 2. The van der Waals surface area contributed by atoms with Crippen LogP contribution in [0.15, 0.2) is 53.4 Å². The van der Waals surface area contributed by atoms with Crippen LogP contribution in [-0.2, 0) is 19.6 Å². The molecule has 1 saturated heterocycles. The fourth-order valence-electron chi connectivity index (χ4n) is 3.67. The molecule has 178 valence electrons. The normalized spacial score (nSPS) is 16.0. The van der Waals surface area contributed by atoms with Crippen LogP contribution >= 0.6 is 0 Å². The van der Waals surface area contributed by atoms with Crippen LogP contribution in [0.3, 0.4) is 0 Å². The molecule has 0 spiro atoms. The molecule has 0 saturated carbocycles. The van der Waals surface area contributed by atoms with E-state index < -0.39 is 32.6 Å². The van der Waals surface area contributed by atoms with Gasteiger partial charge in [0.1, 0.15) is 22.6 Å². The van der Waals surface area contributed by atoms with Crippen molar-refractivity contribution >= 4 is 21.8 Å². The standard InChI is InChI=1S/C23H27F2N3O4S/c1-16(2)14-21(29)26-22(17-6-4-3-5-7-17)23(30)27-10-12-28(13-11-27)33(31,32)20-15-18(24)8-9-19(20)25/h3-9,15-16,22H,10-14H2,1-2H3,(H,26,29). The second kappa shape index (κ2) is 10.4. The topological polar surface area (TPSA) is 86.8 Å². The number of piperazine rings is 1. The summed E-state index contributed by atoms with van der Waals surface area (Å²) in [6.45, 7) is 3.76. The lowest BCUT2D eigenvalue weighted by molar-refractivity contribution is -0.137. The number of nitrogens with zero attached hydrogens (tertiary/aromatic N) is 2. The molecule has 3 rings (SSSR count). The molecule has 2 amide bonds. The number of hydrogen-bond donors (Lipinski definition) is 1. The number of sulfonamides is 1. The molecule has 1 unspecified atom stereocenters. The minimum absolute atomic E-state index is 0.0540. The molecule has 2 aromatic rings. The van der Waals surface area contributed by atoms with E-state index in [0.29, 0.717) is 11.6 Å². The molecule has 0 bridgehead atoms. The van der Waals surface area contributed by atoms with E-state index in [1.54, 1.807) is 30.3 Å². The first-order valence-corrected chi connectivity index (χ1v) is 12.1. The molecule has 1 heterocycles. The molecule has 33 heavy (non-hydrogen) atoms. The second-order valence-corrected chi connectivity index (χ2v) is 10.2. The van der Waals surface area contributed by atoms with E-state index in [1.807, 2.05) is 13.8 Å². The third-order valence-corrected chi connectivity index (χ3v) is 7.25. The molecule has 7 nitrogen and oxygen atoms in total. The average molecular weight is 480 g/mol. The van der Waals surface area contributed by atoms with Crippen molar-refractivity contribution in [2.75, 3.05) is 26.2 Å². The Morgan fingerprint density at radius 3 is 2.24 bits per heavy atom. The Hall–Kier alpha value is -2.85. The summed E-state index contributed by atoms with van der Waals surface area (Å²) in [6, 6.07) is 10.2. The van der Waals surface area contributed by atoms with Gasteiger partial charge in [0.2, 0.25) is 21.8 Å². The highest BCUT2D eigenvalue weighted by Gasteiger charge is 2.35. The highest BCUT2D eigenvalue weighted by atomic mass is 32.2. The lowest BCUT2D eigenvalue weighted by Crippen LogP contribution is -2.53. The molecular formula is C23H27F2N3O4S. The van der Waals surface area contributed by atoms with E-state index in [-0.39, 0.29) is 50.3 Å². The first-order valence-electron chi connectivity index (χ1n) is 10.7. The maximum atomic E-state index is 14.1. The summed E-state index contributed by atoms with van der Waals surface area (Å²) in [5.41, 5.74) is 0.622. The van der Waals surface area contributed by atoms with Crippen molar-refractivity contribution in [2.24, 2.45) is 5.92 Å². The highest BCUT2D eigenvalue weighted by Crippen LogP contribution is 2.23. The molecule has 1 aliphatic rings. The maximum Gasteiger partial charge on any atom is 0.249 e. The van der Waals surface area contributed by atoms with Gasteiger partial charge in [-0.3, -0.25) is 9.59 Å². The summed E-state index contributed by atoms with van der Waals surface area (Å²) in [6.07, 6.45) is 0.266. The van der Waals surface area contributed by atoms with Gasteiger partial charge >= 0.3 is 0 Å². The van der Waals surface area contributed by atoms with E-state index in [4.69, 9.17) is 0 Å². The number of rotatable bonds is 7. The Morgan fingerprint density at radius 2 is 1.64 bits per heavy atom. The maximum absolute atomic E-state index is 14.1. The van der Waals surface area contributed by atoms with E-state index in [0.717, 1.165) is 16.4 Å². The van der Waals surface area contributed by atoms with Crippen molar-refractivity contribution in [3.8, 4) is 0 Å². The largest absolute Gasteiger partial charge is 0.341 e. The molecule has 0 aromatic heterocycles. The van der Waals surface area contributed by atoms with Gasteiger partial charge in [0.15, 0.2) is 0 Å². The number of benzene rings is 2. The van der Waals surface area contributed by atoms with Gasteiger partial charge in [-0.2, -0.15) is 4.31 Å². The Bertz CT molecular complexity index is 1100. The average Bonchev–Trinajstić information content (AvgIpc) is 2.78. The highest BCUT2D eigenvalue weighted by molar-refractivity contribution is 7.89. The number of hydrogen-bond acceptors (Lipinski definition) is 4. The van der Waals surface area contributed by atoms with Gasteiger partial charge < -0.3 is 10.2 Å². The van der Waals surface area contributed by atoms with Crippen LogP contribution in [0, 0.1) is 17.6 Å². The van der Waals surface area contributed by atoms with Gasteiger partial charge in [0, 0.05) is 32.6 Å². The molecule has 1 aliphatic heterocycles. The molecular weight excluding hydrogens is 452 g/mol. The number of amides is 2. The van der Waals surface area contributed by atoms with Crippen molar-refractivity contribution in [3.63, 3.8) is 0 Å². The number of nitrogens with one attached hydrogen (secondary N) is 1. The summed E-state index contributed by atoms with van der Waals surface area (Å²) in [4.78, 5) is 26.4. The van der Waals surface area contributed by atoms with Crippen LogP contribution in [-0.4, -0.2) is 55.6 Å². The van der Waals surface area contributed by atoms with Crippen LogP contribution in [0.25, 0.3) is 0 Å². The van der Waals surface area contributed by atoms with Gasteiger partial charge in [-0.1, -0.05) is 44.2 Å². The predicted molar refractivity (Wildman–Crippen MR) is 118 cm³/mol. The fraction of sp³-hybridized carbons (Fsp3) is 0.391. The minimum Gasteiger partial charge on any atom is -0.341 e. The van der Waals surface area contributed by atoms with Crippen molar-refractivity contribution in [1.29, 1.82) is 0 Å². The van der Waals surface area contributed by atoms with Crippen LogP contribution in [0.1, 0.15) is 31.9 Å². The first-order chi connectivity index (χ1) is 15.6. The monoisotopic (exact) mass is 479 g/mol. The minimum atomic E-state index is -4.26. The van der Waals surface area contributed by atoms with Gasteiger partial charge in [0.25, 0.3) is 0 Å². The van der Waals surface area contributed by atoms with E-state index in [2.05, 4.69) is 5.32 Å². The molecule has 0 radical (unpaired) electrons. The molecule has 2 aromatic carbocycles. The van der Waals surface area contributed by atoms with Crippen LogP contribution in [0.2, 0.25) is 0 Å². The van der Waals surface area contributed by atoms with Gasteiger partial charge in [0.05, 0.1) is 0 Å². The van der Waals surface area contributed by atoms with E-state index in [9.17, 15) is 26.8 Å². The van der Waals surface area contributed by atoms with E-state index >= 15 is 0 Å². The van der Waals surface area contributed by atoms with Crippen LogP contribution in [0.5, 0.6) is 0 Å². The van der Waals surface area contributed by atoms with Crippen molar-refractivity contribution < 1.29 is 26.8 Å². The van der Waals surface area contributed by atoms with Gasteiger partial charge in [-0.05, 0) is 29.7 Å². The first kappa shape index (κ1) is 24.8. The van der Waals surface area contributed by atoms with Crippen molar-refractivity contribution in [3.05, 3.63) is 65.7 Å². The van der Waals surface area contributed by atoms with Gasteiger partial charge in [-0.15, -0.1) is 0 Å². The number of carbonyl (C=O) groups is 2. The summed E-state index contributed by atoms with van der Waals surface area (Å²) >= 11 is 0. The SMILES string of the molecule is CC(C)CC(=O)NC(C(=O)N1CCN(S(=O)(=O)c2cc(F)ccc2F)CC1)c1ccccc1. The summed E-state index contributed by atoms with van der Waals surface area (Å²) < 4.78 is 54.2. The zero-order valence-corrected chi connectivity index (χ0v) is 19.3. The second-order valence-electron chi connectivity index (χ2n) is 8.31. The Morgan fingerprint density at radius 1 is 1.00 bits per heavy atom. The van der Waals surface area contributed by atoms with Crippen LogP contribution in [0.4, 0.5) is 8.78 Å². The molecule has 1 fully saturated rings. The van der Waals surface area contributed by atoms with Crippen molar-refractivity contribution in [1.82, 2.24) is 14.5 Å². The van der Waals surface area contributed by atoms with E-state index in [1.165, 1.54) is 4.90 Å². The smallest absolute Gasteiger partial charge is 0.249 e. The summed E-state index contributed by atoms with van der Waals surface area (Å²) in [5.74, 6) is -2.38. The zero-order valence-electron chi connectivity index (χ0n) is 18.5. The molecule has 1 atom stereocenters. The fourth-order valence-corrected chi connectivity index (χ4v) is 5.17. The van der Waals surface area contributed by atoms with Crippen LogP contribution < -0.4 is 5.32 Å². The number of halogens is 2. The van der Waals surface area contributed by atoms with Crippen molar-refractivity contribution in [2.45, 2.75) is 31.2 Å². The molecule has 10 heteroatoms. The Balaban J connectivity index is 1.74. The third kappa shape index (κ3) is 5.94. The molecule has 1 N–H and O–H groups in total. The quantitative estimate of drug-likeness (QED) is 0.662. The Labute approximate surface area is 192 Å². The lowest BCUT2D eigenvalue weighted by atomic mass is 10.0.